The Labute approximate surface area is 130 Å². The van der Waals surface area contributed by atoms with E-state index in [4.69, 9.17) is 11.6 Å². The van der Waals surface area contributed by atoms with E-state index in [9.17, 15) is 4.79 Å². The van der Waals surface area contributed by atoms with E-state index in [1.807, 2.05) is 55.5 Å². The summed E-state index contributed by atoms with van der Waals surface area (Å²) in [6.07, 6.45) is 0.762. The smallest absolute Gasteiger partial charge is 0.315 e. The number of carbonyl (C=O) groups is 1. The molecule has 0 aliphatic heterocycles. The van der Waals surface area contributed by atoms with Gasteiger partial charge in [-0.25, -0.2) is 4.79 Å². The normalized spacial score (nSPS) is 10.2. The summed E-state index contributed by atoms with van der Waals surface area (Å²) in [5, 5.41) is 6.40. The quantitative estimate of drug-likeness (QED) is 0.869. The van der Waals surface area contributed by atoms with Gasteiger partial charge in [0.2, 0.25) is 0 Å². The van der Waals surface area contributed by atoms with Crippen LogP contribution in [0.1, 0.15) is 16.7 Å². The molecule has 0 aliphatic rings. The second-order valence-corrected chi connectivity index (χ2v) is 5.41. The Bertz CT molecular complexity index is 596. The molecular formula is C17H19ClN2O. The Morgan fingerprint density at radius 3 is 2.52 bits per heavy atom. The number of amides is 2. The number of rotatable bonds is 5. The summed E-state index contributed by atoms with van der Waals surface area (Å²) in [6, 6.07) is 15.6. The molecule has 2 aromatic carbocycles. The Kier molecular flexibility index (Phi) is 5.64. The maximum absolute atomic E-state index is 11.7. The SMILES string of the molecule is Cc1ccc(CNC(=O)NCCc2cccc(Cl)c2)cc1. The maximum atomic E-state index is 11.7. The lowest BCUT2D eigenvalue weighted by Gasteiger charge is -2.08. The molecule has 3 nitrogen and oxygen atoms in total. The molecule has 0 unspecified atom stereocenters. The number of hydrogen-bond donors (Lipinski definition) is 2. The van der Waals surface area contributed by atoms with Crippen LogP contribution in [0.4, 0.5) is 4.79 Å². The molecule has 0 aromatic heterocycles. The monoisotopic (exact) mass is 302 g/mol. The zero-order valence-electron chi connectivity index (χ0n) is 12.0. The third-order valence-corrected chi connectivity index (χ3v) is 3.40. The molecule has 0 saturated carbocycles. The molecule has 0 aliphatic carbocycles. The molecule has 2 rings (SSSR count). The predicted octanol–water partition coefficient (Wildman–Crippen LogP) is 3.69. The summed E-state index contributed by atoms with van der Waals surface area (Å²) in [4.78, 5) is 11.7. The first kappa shape index (κ1) is 15.4. The van der Waals surface area contributed by atoms with E-state index in [2.05, 4.69) is 10.6 Å². The molecule has 0 radical (unpaired) electrons. The summed E-state index contributed by atoms with van der Waals surface area (Å²) < 4.78 is 0. The lowest BCUT2D eigenvalue weighted by molar-refractivity contribution is 0.240. The summed E-state index contributed by atoms with van der Waals surface area (Å²) in [5.74, 6) is 0. The van der Waals surface area contributed by atoms with Crippen LogP contribution < -0.4 is 10.6 Å². The predicted molar refractivity (Wildman–Crippen MR) is 86.6 cm³/mol. The van der Waals surface area contributed by atoms with Gasteiger partial charge in [0.25, 0.3) is 0 Å². The summed E-state index contributed by atoms with van der Waals surface area (Å²) in [5.41, 5.74) is 3.41. The van der Waals surface area contributed by atoms with Crippen LogP contribution >= 0.6 is 11.6 Å². The molecule has 2 amide bonds. The highest BCUT2D eigenvalue weighted by molar-refractivity contribution is 6.30. The van der Waals surface area contributed by atoms with Gasteiger partial charge in [-0.15, -0.1) is 0 Å². The maximum Gasteiger partial charge on any atom is 0.315 e. The van der Waals surface area contributed by atoms with Gasteiger partial charge in [-0.2, -0.15) is 0 Å². The molecule has 2 aromatic rings. The van der Waals surface area contributed by atoms with Crippen molar-refractivity contribution in [3.8, 4) is 0 Å². The number of urea groups is 1. The van der Waals surface area contributed by atoms with E-state index < -0.39 is 0 Å². The fourth-order valence-corrected chi connectivity index (χ4v) is 2.18. The van der Waals surface area contributed by atoms with Gasteiger partial charge >= 0.3 is 6.03 Å². The number of benzene rings is 2. The summed E-state index contributed by atoms with van der Waals surface area (Å²) in [7, 11) is 0. The van der Waals surface area contributed by atoms with Crippen LogP contribution in [-0.2, 0) is 13.0 Å². The highest BCUT2D eigenvalue weighted by Gasteiger charge is 2.00. The van der Waals surface area contributed by atoms with Crippen LogP contribution in [-0.4, -0.2) is 12.6 Å². The van der Waals surface area contributed by atoms with Gasteiger partial charge in [0, 0.05) is 18.1 Å². The van der Waals surface area contributed by atoms with Gasteiger partial charge in [0.05, 0.1) is 0 Å². The molecule has 0 spiro atoms. The van der Waals surface area contributed by atoms with Crippen molar-refractivity contribution in [3.63, 3.8) is 0 Å². The van der Waals surface area contributed by atoms with Gasteiger partial charge in [-0.05, 0) is 36.6 Å². The largest absolute Gasteiger partial charge is 0.338 e. The van der Waals surface area contributed by atoms with E-state index in [-0.39, 0.29) is 6.03 Å². The van der Waals surface area contributed by atoms with Crippen LogP contribution in [0.3, 0.4) is 0 Å². The molecule has 0 saturated heterocycles. The molecule has 21 heavy (non-hydrogen) atoms. The van der Waals surface area contributed by atoms with Crippen molar-refractivity contribution in [2.24, 2.45) is 0 Å². The second kappa shape index (κ2) is 7.70. The first-order valence-electron chi connectivity index (χ1n) is 6.95. The molecular weight excluding hydrogens is 284 g/mol. The van der Waals surface area contributed by atoms with Gasteiger partial charge in [0.1, 0.15) is 0 Å². The van der Waals surface area contributed by atoms with Crippen LogP contribution in [0.15, 0.2) is 48.5 Å². The number of aryl methyl sites for hydroxylation is 1. The molecule has 0 fully saturated rings. The lowest BCUT2D eigenvalue weighted by atomic mass is 10.1. The highest BCUT2D eigenvalue weighted by atomic mass is 35.5. The van der Waals surface area contributed by atoms with Crippen LogP contribution in [0, 0.1) is 6.92 Å². The second-order valence-electron chi connectivity index (χ2n) is 4.97. The highest BCUT2D eigenvalue weighted by Crippen LogP contribution is 2.10. The number of hydrogen-bond acceptors (Lipinski definition) is 1. The minimum absolute atomic E-state index is 0.155. The van der Waals surface area contributed by atoms with Crippen LogP contribution in [0.25, 0.3) is 0 Å². The van der Waals surface area contributed by atoms with Crippen molar-refractivity contribution in [2.75, 3.05) is 6.54 Å². The van der Waals surface area contributed by atoms with Gasteiger partial charge in [-0.3, -0.25) is 0 Å². The van der Waals surface area contributed by atoms with E-state index >= 15 is 0 Å². The van der Waals surface area contributed by atoms with E-state index in [1.165, 1.54) is 5.56 Å². The number of nitrogens with one attached hydrogen (secondary N) is 2. The third kappa shape index (κ3) is 5.48. The standard InChI is InChI=1S/C17H19ClN2O/c1-13-5-7-15(8-6-13)12-20-17(21)19-10-9-14-3-2-4-16(18)11-14/h2-8,11H,9-10,12H2,1H3,(H2,19,20,21). The molecule has 0 bridgehead atoms. The average molecular weight is 303 g/mol. The molecule has 0 heterocycles. The molecule has 110 valence electrons. The van der Waals surface area contributed by atoms with E-state index in [0.29, 0.717) is 13.1 Å². The minimum Gasteiger partial charge on any atom is -0.338 e. The van der Waals surface area contributed by atoms with Gasteiger partial charge in [0.15, 0.2) is 0 Å². The Balaban J connectivity index is 1.69. The fourth-order valence-electron chi connectivity index (χ4n) is 1.96. The summed E-state index contributed by atoms with van der Waals surface area (Å²) >= 11 is 5.92. The lowest BCUT2D eigenvalue weighted by Crippen LogP contribution is -2.36. The minimum atomic E-state index is -0.155. The zero-order valence-corrected chi connectivity index (χ0v) is 12.8. The summed E-state index contributed by atoms with van der Waals surface area (Å²) in [6.45, 7) is 3.16. The van der Waals surface area contributed by atoms with Crippen molar-refractivity contribution in [1.29, 1.82) is 0 Å². The first-order valence-corrected chi connectivity index (χ1v) is 7.33. The van der Waals surface area contributed by atoms with Gasteiger partial charge in [-0.1, -0.05) is 53.6 Å². The van der Waals surface area contributed by atoms with Crippen molar-refractivity contribution in [3.05, 3.63) is 70.2 Å². The fraction of sp³-hybridized carbons (Fsp3) is 0.235. The molecule has 0 atom stereocenters. The number of carbonyl (C=O) groups excluding carboxylic acids is 1. The van der Waals surface area contributed by atoms with Crippen LogP contribution in [0.5, 0.6) is 0 Å². The topological polar surface area (TPSA) is 41.1 Å². The van der Waals surface area contributed by atoms with Gasteiger partial charge < -0.3 is 10.6 Å². The van der Waals surface area contributed by atoms with E-state index in [0.717, 1.165) is 22.6 Å². The average Bonchev–Trinajstić information content (AvgIpc) is 2.47. The van der Waals surface area contributed by atoms with Crippen molar-refractivity contribution >= 4 is 17.6 Å². The van der Waals surface area contributed by atoms with Crippen molar-refractivity contribution in [2.45, 2.75) is 19.9 Å². The number of halogens is 1. The van der Waals surface area contributed by atoms with E-state index in [1.54, 1.807) is 0 Å². The van der Waals surface area contributed by atoms with Crippen LogP contribution in [0.2, 0.25) is 5.02 Å². The third-order valence-electron chi connectivity index (χ3n) is 3.16. The van der Waals surface area contributed by atoms with Crippen molar-refractivity contribution in [1.82, 2.24) is 10.6 Å². The Hall–Kier alpha value is -2.00. The zero-order chi connectivity index (χ0) is 15.1. The van der Waals surface area contributed by atoms with Crippen molar-refractivity contribution < 1.29 is 4.79 Å². The first-order chi connectivity index (χ1) is 10.1. The molecule has 4 heteroatoms. The Morgan fingerprint density at radius 2 is 1.81 bits per heavy atom. The Morgan fingerprint density at radius 1 is 1.05 bits per heavy atom. The molecule has 2 N–H and O–H groups in total.